The maximum atomic E-state index is 13.0. The second-order valence-electron chi connectivity index (χ2n) is 8.31. The van der Waals surface area contributed by atoms with Gasteiger partial charge in [0.25, 0.3) is 0 Å². The molecular weight excluding hydrogens is 312 g/mol. The molecule has 4 nitrogen and oxygen atoms in total. The molecule has 1 saturated heterocycles. The van der Waals surface area contributed by atoms with Crippen LogP contribution in [0.25, 0.3) is 0 Å². The van der Waals surface area contributed by atoms with Gasteiger partial charge >= 0.3 is 0 Å². The summed E-state index contributed by atoms with van der Waals surface area (Å²) in [6, 6.07) is 0. The SMILES string of the molecule is O=C(CC1CCCCC1)N(CC[NH+]1CCOCC1)C[C@H]1CC=CCC1. The summed E-state index contributed by atoms with van der Waals surface area (Å²) in [5.41, 5.74) is 0. The Bertz CT molecular complexity index is 426. The first kappa shape index (κ1) is 18.9. The highest BCUT2D eigenvalue weighted by Crippen LogP contribution is 2.27. The lowest BCUT2D eigenvalue weighted by molar-refractivity contribution is -0.907. The number of ether oxygens (including phenoxy) is 1. The van der Waals surface area contributed by atoms with Gasteiger partial charge in [-0.3, -0.25) is 4.79 Å². The van der Waals surface area contributed by atoms with Crippen LogP contribution in [0.15, 0.2) is 12.2 Å². The molecule has 0 aromatic carbocycles. The molecule has 1 N–H and O–H groups in total. The minimum atomic E-state index is 0.425. The third-order valence-corrected chi connectivity index (χ3v) is 6.33. The fourth-order valence-corrected chi connectivity index (χ4v) is 4.62. The van der Waals surface area contributed by atoms with E-state index in [9.17, 15) is 4.79 Å². The first-order chi connectivity index (χ1) is 12.3. The van der Waals surface area contributed by atoms with Crippen LogP contribution in [0.5, 0.6) is 0 Å². The maximum absolute atomic E-state index is 13.0. The van der Waals surface area contributed by atoms with E-state index >= 15 is 0 Å². The smallest absolute Gasteiger partial charge is 0.223 e. The van der Waals surface area contributed by atoms with Gasteiger partial charge in [-0.05, 0) is 43.9 Å². The molecule has 0 bridgehead atoms. The van der Waals surface area contributed by atoms with Crippen LogP contribution in [0.4, 0.5) is 0 Å². The van der Waals surface area contributed by atoms with Gasteiger partial charge < -0.3 is 14.5 Å². The number of hydrogen-bond donors (Lipinski definition) is 1. The lowest BCUT2D eigenvalue weighted by Crippen LogP contribution is -3.14. The molecule has 1 aliphatic heterocycles. The minimum Gasteiger partial charge on any atom is -0.370 e. The van der Waals surface area contributed by atoms with Crippen molar-refractivity contribution in [3.05, 3.63) is 12.2 Å². The van der Waals surface area contributed by atoms with Gasteiger partial charge in [-0.2, -0.15) is 0 Å². The first-order valence-corrected chi connectivity index (χ1v) is 10.7. The van der Waals surface area contributed by atoms with E-state index in [1.807, 2.05) is 0 Å². The van der Waals surface area contributed by atoms with Gasteiger partial charge in [0, 0.05) is 13.0 Å². The molecule has 2 aliphatic carbocycles. The number of hydrogen-bond acceptors (Lipinski definition) is 2. The summed E-state index contributed by atoms with van der Waals surface area (Å²) in [6.07, 6.45) is 15.5. The normalized spacial score (nSPS) is 25.8. The average molecular weight is 350 g/mol. The molecule has 0 unspecified atom stereocenters. The van der Waals surface area contributed by atoms with Crippen molar-refractivity contribution in [1.29, 1.82) is 0 Å². The molecule has 1 saturated carbocycles. The highest BCUT2D eigenvalue weighted by atomic mass is 16.5. The number of carbonyl (C=O) groups is 1. The molecule has 0 spiro atoms. The van der Waals surface area contributed by atoms with Crippen molar-refractivity contribution in [2.45, 2.75) is 57.8 Å². The standard InChI is InChI=1S/C21H36N2O2/c24-21(17-19-7-3-1-4-8-19)23(18-20-9-5-2-6-10-20)12-11-22-13-15-25-16-14-22/h2,5,19-20H,1,3-4,6-18H2/p+1/t20-/m0/s1. The Kier molecular flexibility index (Phi) is 7.81. The van der Waals surface area contributed by atoms with Gasteiger partial charge in [-0.15, -0.1) is 0 Å². The zero-order valence-corrected chi connectivity index (χ0v) is 15.9. The number of rotatable bonds is 7. The molecule has 25 heavy (non-hydrogen) atoms. The highest BCUT2D eigenvalue weighted by molar-refractivity contribution is 5.76. The van der Waals surface area contributed by atoms with Crippen LogP contribution >= 0.6 is 0 Å². The fraction of sp³-hybridized carbons (Fsp3) is 0.857. The van der Waals surface area contributed by atoms with Gasteiger partial charge in [0.05, 0.1) is 26.3 Å². The summed E-state index contributed by atoms with van der Waals surface area (Å²) < 4.78 is 5.47. The molecular formula is C21H37N2O2+. The Morgan fingerprint density at radius 3 is 2.56 bits per heavy atom. The van der Waals surface area contributed by atoms with Crippen LogP contribution in [-0.2, 0) is 9.53 Å². The van der Waals surface area contributed by atoms with E-state index in [0.717, 1.165) is 58.8 Å². The van der Waals surface area contributed by atoms with Crippen LogP contribution in [0.1, 0.15) is 57.8 Å². The Morgan fingerprint density at radius 1 is 1.04 bits per heavy atom. The van der Waals surface area contributed by atoms with Gasteiger partial charge in [0.15, 0.2) is 0 Å². The molecule has 4 heteroatoms. The van der Waals surface area contributed by atoms with E-state index in [4.69, 9.17) is 4.74 Å². The first-order valence-electron chi connectivity index (χ1n) is 10.7. The third kappa shape index (κ3) is 6.41. The Hall–Kier alpha value is -0.870. The second-order valence-corrected chi connectivity index (χ2v) is 8.31. The number of morpholine rings is 1. The molecule has 0 radical (unpaired) electrons. The Balaban J connectivity index is 1.51. The van der Waals surface area contributed by atoms with Crippen LogP contribution in [0.2, 0.25) is 0 Å². The third-order valence-electron chi connectivity index (χ3n) is 6.33. The fourth-order valence-electron chi connectivity index (χ4n) is 4.62. The van der Waals surface area contributed by atoms with Gasteiger partial charge in [-0.1, -0.05) is 31.4 Å². The number of quaternary nitrogens is 1. The highest BCUT2D eigenvalue weighted by Gasteiger charge is 2.25. The van der Waals surface area contributed by atoms with E-state index in [-0.39, 0.29) is 0 Å². The molecule has 1 atom stereocenters. The van der Waals surface area contributed by atoms with Crippen LogP contribution in [-0.4, -0.2) is 56.7 Å². The van der Waals surface area contributed by atoms with Crippen molar-refractivity contribution < 1.29 is 14.4 Å². The second kappa shape index (κ2) is 10.3. The molecule has 0 aromatic heterocycles. The molecule has 3 rings (SSSR count). The van der Waals surface area contributed by atoms with Crippen molar-refractivity contribution in [2.75, 3.05) is 45.9 Å². The predicted octanol–water partition coefficient (Wildman–Crippen LogP) is 2.06. The van der Waals surface area contributed by atoms with E-state index in [2.05, 4.69) is 17.1 Å². The van der Waals surface area contributed by atoms with E-state index in [1.54, 1.807) is 4.90 Å². The molecule has 1 amide bonds. The number of nitrogens with one attached hydrogen (secondary N) is 1. The summed E-state index contributed by atoms with van der Waals surface area (Å²) in [5.74, 6) is 1.74. The Morgan fingerprint density at radius 2 is 1.84 bits per heavy atom. The lowest BCUT2D eigenvalue weighted by Gasteiger charge is -2.32. The Labute approximate surface area is 153 Å². The number of nitrogens with zero attached hydrogens (tertiary/aromatic N) is 1. The quantitative estimate of drug-likeness (QED) is 0.714. The van der Waals surface area contributed by atoms with Crippen molar-refractivity contribution in [1.82, 2.24) is 4.90 Å². The summed E-state index contributed by atoms with van der Waals surface area (Å²) in [4.78, 5) is 16.9. The lowest BCUT2D eigenvalue weighted by atomic mass is 9.86. The monoisotopic (exact) mass is 349 g/mol. The number of allylic oxidation sites excluding steroid dienone is 2. The van der Waals surface area contributed by atoms with E-state index < -0.39 is 0 Å². The maximum Gasteiger partial charge on any atom is 0.223 e. The van der Waals surface area contributed by atoms with Crippen molar-refractivity contribution >= 4 is 5.91 Å². The minimum absolute atomic E-state index is 0.425. The summed E-state index contributed by atoms with van der Waals surface area (Å²) in [6.45, 7) is 6.92. The van der Waals surface area contributed by atoms with Crippen LogP contribution < -0.4 is 4.90 Å². The topological polar surface area (TPSA) is 34.0 Å². The number of amides is 1. The zero-order chi connectivity index (χ0) is 17.3. The van der Waals surface area contributed by atoms with Gasteiger partial charge in [0.1, 0.15) is 13.1 Å². The molecule has 142 valence electrons. The predicted molar refractivity (Wildman–Crippen MR) is 101 cm³/mol. The van der Waals surface area contributed by atoms with E-state index in [0.29, 0.717) is 17.7 Å². The van der Waals surface area contributed by atoms with Crippen molar-refractivity contribution in [3.8, 4) is 0 Å². The summed E-state index contributed by atoms with van der Waals surface area (Å²) >= 11 is 0. The zero-order valence-electron chi connectivity index (χ0n) is 15.9. The van der Waals surface area contributed by atoms with Crippen molar-refractivity contribution in [3.63, 3.8) is 0 Å². The summed E-state index contributed by atoms with van der Waals surface area (Å²) in [5, 5.41) is 0. The molecule has 0 aromatic rings. The molecule has 2 fully saturated rings. The summed E-state index contributed by atoms with van der Waals surface area (Å²) in [7, 11) is 0. The number of carbonyl (C=O) groups excluding carboxylic acids is 1. The van der Waals surface area contributed by atoms with Crippen molar-refractivity contribution in [2.24, 2.45) is 11.8 Å². The van der Waals surface area contributed by atoms with Crippen LogP contribution in [0.3, 0.4) is 0 Å². The van der Waals surface area contributed by atoms with E-state index in [1.165, 1.54) is 44.9 Å². The van der Waals surface area contributed by atoms with Crippen LogP contribution in [0, 0.1) is 11.8 Å². The molecule has 3 aliphatic rings. The van der Waals surface area contributed by atoms with Gasteiger partial charge in [-0.25, -0.2) is 0 Å². The molecule has 1 heterocycles. The average Bonchev–Trinajstić information content (AvgIpc) is 2.67. The largest absolute Gasteiger partial charge is 0.370 e. The van der Waals surface area contributed by atoms with Gasteiger partial charge in [0.2, 0.25) is 5.91 Å².